The fourth-order valence-electron chi connectivity index (χ4n) is 1.94. The Morgan fingerprint density at radius 1 is 1.22 bits per heavy atom. The summed E-state index contributed by atoms with van der Waals surface area (Å²) >= 11 is 5.10. The third-order valence-corrected chi connectivity index (χ3v) is 4.44. The molecule has 0 aliphatic heterocycles. The maximum atomic E-state index is 13.1. The van der Waals surface area contributed by atoms with E-state index < -0.39 is 0 Å². The zero-order valence-electron chi connectivity index (χ0n) is 9.77. The first-order valence-corrected chi connectivity index (χ1v) is 7.38. The molecule has 0 fully saturated rings. The minimum absolute atomic E-state index is 0.117. The number of aliphatic hydroxyl groups excluding tert-OH is 1. The van der Waals surface area contributed by atoms with Gasteiger partial charge in [-0.15, -0.1) is 11.3 Å². The minimum atomic E-state index is -0.219. The standard InChI is InChI=1S/C14H14BrFOS/c15-14-5-4-13(18-14)8-11(9-17)6-10-2-1-3-12(16)7-10/h1-5,7,11,17H,6,8-9H2. The Labute approximate surface area is 118 Å². The van der Waals surface area contributed by atoms with Crippen molar-refractivity contribution in [1.82, 2.24) is 0 Å². The lowest BCUT2D eigenvalue weighted by Crippen LogP contribution is -2.12. The maximum absolute atomic E-state index is 13.1. The van der Waals surface area contributed by atoms with Gasteiger partial charge in [-0.1, -0.05) is 12.1 Å². The van der Waals surface area contributed by atoms with Crippen LogP contribution in [0, 0.1) is 11.7 Å². The van der Waals surface area contributed by atoms with E-state index in [-0.39, 0.29) is 18.3 Å². The molecule has 1 heterocycles. The first-order valence-electron chi connectivity index (χ1n) is 5.77. The topological polar surface area (TPSA) is 20.2 Å². The van der Waals surface area contributed by atoms with E-state index in [1.807, 2.05) is 12.1 Å². The van der Waals surface area contributed by atoms with Gasteiger partial charge in [0.1, 0.15) is 5.82 Å². The number of halogens is 2. The smallest absolute Gasteiger partial charge is 0.123 e. The number of thiophene rings is 1. The molecular weight excluding hydrogens is 315 g/mol. The molecule has 1 atom stereocenters. The van der Waals surface area contributed by atoms with Crippen molar-refractivity contribution < 1.29 is 9.50 Å². The first kappa shape index (κ1) is 13.7. The fourth-order valence-corrected chi connectivity index (χ4v) is 3.54. The van der Waals surface area contributed by atoms with Crippen molar-refractivity contribution in [3.8, 4) is 0 Å². The monoisotopic (exact) mass is 328 g/mol. The molecule has 1 nitrogen and oxygen atoms in total. The van der Waals surface area contributed by atoms with Crippen LogP contribution in [0.2, 0.25) is 0 Å². The molecule has 0 spiro atoms. The average molecular weight is 329 g/mol. The Bertz CT molecular complexity index is 512. The normalized spacial score (nSPS) is 12.6. The highest BCUT2D eigenvalue weighted by atomic mass is 79.9. The summed E-state index contributed by atoms with van der Waals surface area (Å²) in [5.41, 5.74) is 0.935. The Morgan fingerprint density at radius 2 is 2.06 bits per heavy atom. The molecule has 0 aliphatic carbocycles. The molecule has 96 valence electrons. The van der Waals surface area contributed by atoms with Crippen LogP contribution < -0.4 is 0 Å². The predicted octanol–water partition coefficient (Wildman–Crippen LogP) is 4.04. The number of hydrogen-bond donors (Lipinski definition) is 1. The molecule has 1 aromatic carbocycles. The lowest BCUT2D eigenvalue weighted by Gasteiger charge is -2.13. The predicted molar refractivity (Wildman–Crippen MR) is 76.4 cm³/mol. The van der Waals surface area contributed by atoms with Gasteiger partial charge < -0.3 is 5.11 Å². The van der Waals surface area contributed by atoms with Crippen LogP contribution in [0.4, 0.5) is 4.39 Å². The zero-order chi connectivity index (χ0) is 13.0. The summed E-state index contributed by atoms with van der Waals surface area (Å²) in [6.07, 6.45) is 1.52. The van der Waals surface area contributed by atoms with E-state index in [2.05, 4.69) is 22.0 Å². The second-order valence-corrected chi connectivity index (χ2v) is 6.84. The van der Waals surface area contributed by atoms with Crippen LogP contribution in [0.15, 0.2) is 40.2 Å². The summed E-state index contributed by atoms with van der Waals surface area (Å²) in [4.78, 5) is 1.23. The van der Waals surface area contributed by atoms with E-state index >= 15 is 0 Å². The average Bonchev–Trinajstić information content (AvgIpc) is 2.74. The fraction of sp³-hybridized carbons (Fsp3) is 0.286. The molecule has 0 amide bonds. The Balaban J connectivity index is 2.01. The van der Waals surface area contributed by atoms with Crippen molar-refractivity contribution in [3.63, 3.8) is 0 Å². The highest BCUT2D eigenvalue weighted by molar-refractivity contribution is 9.11. The summed E-state index contributed by atoms with van der Waals surface area (Å²) < 4.78 is 14.2. The lowest BCUT2D eigenvalue weighted by atomic mass is 9.96. The van der Waals surface area contributed by atoms with Gasteiger partial charge in [-0.2, -0.15) is 0 Å². The van der Waals surface area contributed by atoms with Gasteiger partial charge >= 0.3 is 0 Å². The van der Waals surface area contributed by atoms with E-state index in [9.17, 15) is 9.50 Å². The molecule has 1 unspecified atom stereocenters. The zero-order valence-corrected chi connectivity index (χ0v) is 12.2. The number of aliphatic hydroxyl groups is 1. The summed E-state index contributed by atoms with van der Waals surface area (Å²) in [6, 6.07) is 10.7. The molecule has 18 heavy (non-hydrogen) atoms. The van der Waals surface area contributed by atoms with Gasteiger partial charge in [0, 0.05) is 11.5 Å². The molecule has 0 radical (unpaired) electrons. The highest BCUT2D eigenvalue weighted by Crippen LogP contribution is 2.25. The van der Waals surface area contributed by atoms with Crippen LogP contribution in [0.3, 0.4) is 0 Å². The molecule has 2 rings (SSSR count). The van der Waals surface area contributed by atoms with Crippen LogP contribution in [0.1, 0.15) is 10.4 Å². The SMILES string of the molecule is OCC(Cc1cccc(F)c1)Cc1ccc(Br)s1. The van der Waals surface area contributed by atoms with Gasteiger partial charge in [-0.3, -0.25) is 0 Å². The van der Waals surface area contributed by atoms with Gasteiger partial charge in [0.05, 0.1) is 3.79 Å². The molecule has 4 heteroatoms. The molecule has 1 N–H and O–H groups in total. The minimum Gasteiger partial charge on any atom is -0.396 e. The maximum Gasteiger partial charge on any atom is 0.123 e. The van der Waals surface area contributed by atoms with Gasteiger partial charge in [0.2, 0.25) is 0 Å². The van der Waals surface area contributed by atoms with Crippen molar-refractivity contribution in [1.29, 1.82) is 0 Å². The van der Waals surface area contributed by atoms with Crippen LogP contribution in [0.25, 0.3) is 0 Å². The Morgan fingerprint density at radius 3 is 2.67 bits per heavy atom. The molecule has 0 saturated carbocycles. The number of benzene rings is 1. The van der Waals surface area contributed by atoms with Crippen molar-refractivity contribution in [2.75, 3.05) is 6.61 Å². The third-order valence-electron chi connectivity index (χ3n) is 2.79. The van der Waals surface area contributed by atoms with Crippen molar-refractivity contribution in [3.05, 3.63) is 56.4 Å². The van der Waals surface area contributed by atoms with E-state index in [0.717, 1.165) is 15.8 Å². The quantitative estimate of drug-likeness (QED) is 0.878. The Hall–Kier alpha value is -0.710. The molecular formula is C14H14BrFOS. The lowest BCUT2D eigenvalue weighted by molar-refractivity contribution is 0.225. The van der Waals surface area contributed by atoms with Gasteiger partial charge in [0.25, 0.3) is 0 Å². The van der Waals surface area contributed by atoms with E-state index in [1.165, 1.54) is 17.0 Å². The van der Waals surface area contributed by atoms with Gasteiger partial charge in [-0.25, -0.2) is 4.39 Å². The van der Waals surface area contributed by atoms with Crippen molar-refractivity contribution >= 4 is 27.3 Å². The summed E-state index contributed by atoms with van der Waals surface area (Å²) in [5.74, 6) is -0.0830. The largest absolute Gasteiger partial charge is 0.396 e. The van der Waals surface area contributed by atoms with Gasteiger partial charge in [-0.05, 0) is 64.5 Å². The van der Waals surface area contributed by atoms with Crippen LogP contribution >= 0.6 is 27.3 Å². The molecule has 2 aromatic rings. The first-order chi connectivity index (χ1) is 8.67. The van der Waals surface area contributed by atoms with E-state index in [4.69, 9.17) is 0 Å². The van der Waals surface area contributed by atoms with Crippen molar-refractivity contribution in [2.45, 2.75) is 12.8 Å². The number of hydrogen-bond acceptors (Lipinski definition) is 2. The molecule has 1 aromatic heterocycles. The molecule has 0 bridgehead atoms. The highest BCUT2D eigenvalue weighted by Gasteiger charge is 2.11. The second kappa shape index (κ2) is 6.45. The van der Waals surface area contributed by atoms with Crippen LogP contribution in [0.5, 0.6) is 0 Å². The van der Waals surface area contributed by atoms with Crippen LogP contribution in [-0.2, 0) is 12.8 Å². The van der Waals surface area contributed by atoms with Crippen molar-refractivity contribution in [2.24, 2.45) is 5.92 Å². The number of rotatable bonds is 5. The molecule has 0 saturated heterocycles. The third kappa shape index (κ3) is 3.90. The Kier molecular flexibility index (Phi) is 4.92. The summed E-state index contributed by atoms with van der Waals surface area (Å²) in [6.45, 7) is 0.117. The van der Waals surface area contributed by atoms with Gasteiger partial charge in [0.15, 0.2) is 0 Å². The molecule has 0 aliphatic rings. The van der Waals surface area contributed by atoms with E-state index in [1.54, 1.807) is 17.4 Å². The summed E-state index contributed by atoms with van der Waals surface area (Å²) in [5, 5.41) is 9.42. The summed E-state index contributed by atoms with van der Waals surface area (Å²) in [7, 11) is 0. The second-order valence-electron chi connectivity index (χ2n) is 4.29. The van der Waals surface area contributed by atoms with E-state index in [0.29, 0.717) is 6.42 Å². The van der Waals surface area contributed by atoms with Crippen LogP contribution in [-0.4, -0.2) is 11.7 Å².